The largest absolute Gasteiger partial charge is 0.456 e. The molecule has 1 heterocycles. The Labute approximate surface area is 145 Å². The second kappa shape index (κ2) is 7.35. The number of carbonyl (C=O) groups is 2. The van der Waals surface area contributed by atoms with E-state index in [0.717, 1.165) is 0 Å². The topological polar surface area (TPSA) is 109 Å². The summed E-state index contributed by atoms with van der Waals surface area (Å²) in [6.07, 6.45) is -4.78. The van der Waals surface area contributed by atoms with Crippen LogP contribution in [0.2, 0.25) is 0 Å². The first kappa shape index (κ1) is 19.1. The maximum atomic E-state index is 13.1. The number of rotatable bonds is 6. The fraction of sp³-hybridized carbons (Fsp3) is 0.312. The number of carbonyl (C=O) groups excluding carboxylic acids is 2. The normalized spacial score (nSPS) is 12.4. The van der Waals surface area contributed by atoms with Crippen LogP contribution in [0.1, 0.15) is 12.7 Å². The first-order chi connectivity index (χ1) is 12.1. The van der Waals surface area contributed by atoms with Crippen LogP contribution in [0.3, 0.4) is 0 Å². The molecule has 0 aliphatic rings. The fourth-order valence-electron chi connectivity index (χ4n) is 2.27. The molecule has 0 bridgehead atoms. The van der Waals surface area contributed by atoms with Gasteiger partial charge in [0.05, 0.1) is 17.1 Å². The van der Waals surface area contributed by atoms with Gasteiger partial charge in [0.25, 0.3) is 0 Å². The molecule has 7 nitrogen and oxygen atoms in total. The summed E-state index contributed by atoms with van der Waals surface area (Å²) < 4.78 is 44.8. The summed E-state index contributed by atoms with van der Waals surface area (Å²) >= 11 is 0. The second-order valence-corrected chi connectivity index (χ2v) is 5.38. The third-order valence-electron chi connectivity index (χ3n) is 3.45. The van der Waals surface area contributed by atoms with Gasteiger partial charge in [-0.25, -0.2) is 4.98 Å². The third kappa shape index (κ3) is 4.05. The molecule has 1 unspecified atom stereocenters. The molecule has 0 aliphatic carbocycles. The molecular weight excluding hydrogens is 353 g/mol. The lowest BCUT2D eigenvalue weighted by atomic mass is 10.0. The lowest BCUT2D eigenvalue weighted by Crippen LogP contribution is -2.27. The summed E-state index contributed by atoms with van der Waals surface area (Å²) in [5.74, 6) is -4.53. The van der Waals surface area contributed by atoms with Crippen LogP contribution in [0.15, 0.2) is 24.3 Å². The molecule has 136 valence electrons. The number of Topliss-reactive ketones (excluding diaryl/α,β-unsaturated/α-hetero) is 1. The molecule has 1 N–H and O–H groups in total. The van der Waals surface area contributed by atoms with Crippen LogP contribution < -0.4 is 0 Å². The molecular formula is C16H13F3N4O3. The highest BCUT2D eigenvalue weighted by Crippen LogP contribution is 2.31. The Balaban J connectivity index is 2.18. The smallest absolute Gasteiger partial charge is 0.449 e. The predicted molar refractivity (Wildman–Crippen MR) is 83.2 cm³/mol. The molecule has 0 radical (unpaired) electrons. The molecule has 1 aromatic heterocycles. The van der Waals surface area contributed by atoms with Crippen molar-refractivity contribution >= 4 is 28.5 Å². The van der Waals surface area contributed by atoms with Crippen LogP contribution >= 0.6 is 0 Å². The fourth-order valence-corrected chi connectivity index (χ4v) is 2.27. The van der Waals surface area contributed by atoms with Crippen molar-refractivity contribution in [2.75, 3.05) is 6.61 Å². The second-order valence-electron chi connectivity index (χ2n) is 5.38. The van der Waals surface area contributed by atoms with Gasteiger partial charge < -0.3 is 14.7 Å². The first-order valence-corrected chi connectivity index (χ1v) is 7.30. The van der Waals surface area contributed by atoms with Crippen molar-refractivity contribution in [2.45, 2.75) is 19.6 Å². The van der Waals surface area contributed by atoms with Crippen molar-refractivity contribution < 1.29 is 27.5 Å². The van der Waals surface area contributed by atoms with Crippen molar-refractivity contribution in [1.29, 1.82) is 10.7 Å². The van der Waals surface area contributed by atoms with Gasteiger partial charge in [-0.15, -0.1) is 0 Å². The van der Waals surface area contributed by atoms with Crippen molar-refractivity contribution in [3.05, 3.63) is 30.1 Å². The Kier molecular flexibility index (Phi) is 5.40. The Morgan fingerprint density at radius 2 is 2.04 bits per heavy atom. The number of para-hydroxylation sites is 2. The van der Waals surface area contributed by atoms with Crippen molar-refractivity contribution in [2.24, 2.45) is 5.92 Å². The number of ketones is 1. The number of nitrogens with zero attached hydrogens (tertiary/aromatic N) is 3. The van der Waals surface area contributed by atoms with E-state index in [-0.39, 0.29) is 16.7 Å². The molecule has 0 saturated heterocycles. The lowest BCUT2D eigenvalue weighted by molar-refractivity contribution is -0.153. The zero-order chi connectivity index (χ0) is 19.5. The molecule has 0 aliphatic heterocycles. The first-order valence-electron chi connectivity index (χ1n) is 7.30. The summed E-state index contributed by atoms with van der Waals surface area (Å²) in [6.45, 7) is -0.356. The van der Waals surface area contributed by atoms with Crippen molar-refractivity contribution in [3.63, 3.8) is 0 Å². The number of halogens is 3. The number of alkyl halides is 3. The van der Waals surface area contributed by atoms with Crippen LogP contribution in [0.5, 0.6) is 0 Å². The Bertz CT molecular complexity index is 912. The van der Waals surface area contributed by atoms with Gasteiger partial charge >= 0.3 is 12.1 Å². The number of fused-ring (bicyclic) bond motifs is 1. The van der Waals surface area contributed by atoms with E-state index < -0.39 is 42.8 Å². The average Bonchev–Trinajstić information content (AvgIpc) is 2.92. The maximum Gasteiger partial charge on any atom is 0.449 e. The number of esters is 1. The van der Waals surface area contributed by atoms with Crippen LogP contribution in [-0.2, 0) is 27.0 Å². The minimum atomic E-state index is -4.78. The van der Waals surface area contributed by atoms with Gasteiger partial charge in [-0.3, -0.25) is 9.59 Å². The van der Waals surface area contributed by atoms with Crippen LogP contribution in [-0.4, -0.2) is 33.6 Å². The van der Waals surface area contributed by atoms with E-state index >= 15 is 0 Å². The molecule has 2 aromatic rings. The maximum absolute atomic E-state index is 13.1. The lowest BCUT2D eigenvalue weighted by Gasteiger charge is -2.11. The summed E-state index contributed by atoms with van der Waals surface area (Å²) in [7, 11) is 0. The summed E-state index contributed by atoms with van der Waals surface area (Å²) in [4.78, 5) is 27.1. The zero-order valence-corrected chi connectivity index (χ0v) is 13.5. The highest BCUT2D eigenvalue weighted by Gasteiger charge is 2.38. The number of hydrogen-bond donors (Lipinski definition) is 1. The molecule has 0 fully saturated rings. The Hall–Kier alpha value is -3.22. The van der Waals surface area contributed by atoms with E-state index in [4.69, 9.17) is 10.7 Å². The van der Waals surface area contributed by atoms with Gasteiger partial charge in [-0.1, -0.05) is 12.1 Å². The summed E-state index contributed by atoms with van der Waals surface area (Å²) in [6, 6.07) is 7.36. The number of ether oxygens (including phenoxy) is 1. The number of nitriles is 1. The molecule has 10 heteroatoms. The molecule has 0 saturated carbocycles. The van der Waals surface area contributed by atoms with Gasteiger partial charge in [0.15, 0.2) is 12.4 Å². The minimum Gasteiger partial charge on any atom is -0.456 e. The quantitative estimate of drug-likeness (QED) is 0.623. The number of benzene rings is 1. The van der Waals surface area contributed by atoms with Gasteiger partial charge in [-0.05, 0) is 19.1 Å². The highest BCUT2D eigenvalue weighted by molar-refractivity contribution is 6.06. The van der Waals surface area contributed by atoms with Gasteiger partial charge in [-0.2, -0.15) is 18.4 Å². The monoisotopic (exact) mass is 366 g/mol. The van der Waals surface area contributed by atoms with Gasteiger partial charge in [0, 0.05) is 5.71 Å². The van der Waals surface area contributed by atoms with Crippen molar-refractivity contribution in [1.82, 2.24) is 9.55 Å². The molecule has 2 rings (SSSR count). The number of imidazole rings is 1. The van der Waals surface area contributed by atoms with Gasteiger partial charge in [0.2, 0.25) is 5.82 Å². The summed E-state index contributed by atoms with van der Waals surface area (Å²) in [5.41, 5.74) is -0.0606. The standard InChI is InChI=1S/C16H13F3N4O3/c1-9(21)10(6-20)13(24)8-26-14(25)7-23-12-5-3-2-4-11(12)22-15(23)16(17,18)19/h2-5,10,21H,7-8H2,1H3. The molecule has 1 aromatic carbocycles. The molecule has 0 amide bonds. The SMILES string of the molecule is CC(=N)C(C#N)C(=O)COC(=O)Cn1c(C(F)(F)F)nc2ccccc21. The van der Waals surface area contributed by atoms with Gasteiger partial charge in [0.1, 0.15) is 12.5 Å². The van der Waals surface area contributed by atoms with E-state index in [1.807, 2.05) is 0 Å². The van der Waals surface area contributed by atoms with E-state index in [9.17, 15) is 22.8 Å². The van der Waals surface area contributed by atoms with E-state index in [1.54, 1.807) is 6.07 Å². The third-order valence-corrected chi connectivity index (χ3v) is 3.45. The van der Waals surface area contributed by atoms with E-state index in [1.165, 1.54) is 31.2 Å². The predicted octanol–water partition coefficient (Wildman–Crippen LogP) is 2.35. The Morgan fingerprint density at radius 1 is 1.38 bits per heavy atom. The summed E-state index contributed by atoms with van der Waals surface area (Å²) in [5, 5.41) is 16.1. The number of hydrogen-bond acceptors (Lipinski definition) is 6. The highest BCUT2D eigenvalue weighted by atomic mass is 19.4. The Morgan fingerprint density at radius 3 is 2.62 bits per heavy atom. The zero-order valence-electron chi connectivity index (χ0n) is 13.5. The van der Waals surface area contributed by atoms with Crippen molar-refractivity contribution in [3.8, 4) is 6.07 Å². The van der Waals surface area contributed by atoms with E-state index in [0.29, 0.717) is 4.57 Å². The van der Waals surface area contributed by atoms with Crippen LogP contribution in [0.4, 0.5) is 13.2 Å². The number of aromatic nitrogens is 2. The average molecular weight is 366 g/mol. The molecule has 0 spiro atoms. The molecule has 26 heavy (non-hydrogen) atoms. The molecule has 1 atom stereocenters. The number of nitrogens with one attached hydrogen (secondary N) is 1. The van der Waals surface area contributed by atoms with E-state index in [2.05, 4.69) is 9.72 Å². The van der Waals surface area contributed by atoms with Crippen LogP contribution in [0, 0.1) is 22.7 Å². The van der Waals surface area contributed by atoms with Crippen LogP contribution in [0.25, 0.3) is 11.0 Å². The minimum absolute atomic E-state index is 0.0627.